The molecule has 1 aliphatic heterocycles. The number of esters is 1. The van der Waals surface area contributed by atoms with Crippen molar-refractivity contribution in [2.24, 2.45) is 0 Å². The van der Waals surface area contributed by atoms with Crippen molar-refractivity contribution in [1.82, 2.24) is 5.32 Å². The molecular formula is C27H28ClNO6. The van der Waals surface area contributed by atoms with Crippen LogP contribution in [0.2, 0.25) is 5.02 Å². The monoisotopic (exact) mass is 497 g/mol. The van der Waals surface area contributed by atoms with Gasteiger partial charge in [0.2, 0.25) is 5.75 Å². The first kappa shape index (κ1) is 24.7. The van der Waals surface area contributed by atoms with Crippen molar-refractivity contribution < 1.29 is 28.5 Å². The average Bonchev–Trinajstić information content (AvgIpc) is 2.86. The molecule has 1 N–H and O–H groups in total. The summed E-state index contributed by atoms with van der Waals surface area (Å²) < 4.78 is 21.7. The lowest BCUT2D eigenvalue weighted by atomic mass is 9.71. The van der Waals surface area contributed by atoms with Crippen LogP contribution in [0.5, 0.6) is 17.2 Å². The first-order valence-corrected chi connectivity index (χ1v) is 11.6. The van der Waals surface area contributed by atoms with Gasteiger partial charge in [-0.25, -0.2) is 4.79 Å². The molecule has 2 aliphatic rings. The van der Waals surface area contributed by atoms with Crippen molar-refractivity contribution in [3.05, 3.63) is 75.1 Å². The maximum atomic E-state index is 13.7. The maximum Gasteiger partial charge on any atom is 0.336 e. The first-order valence-electron chi connectivity index (χ1n) is 11.2. The third-order valence-corrected chi connectivity index (χ3v) is 6.85. The van der Waals surface area contributed by atoms with Crippen LogP contribution in [0.25, 0.3) is 0 Å². The quantitative estimate of drug-likeness (QED) is 0.568. The number of hydrogen-bond donors (Lipinski definition) is 1. The van der Waals surface area contributed by atoms with Crippen molar-refractivity contribution in [3.63, 3.8) is 0 Å². The molecule has 1 heterocycles. The van der Waals surface area contributed by atoms with E-state index < -0.39 is 11.9 Å². The molecule has 0 aromatic heterocycles. The lowest BCUT2D eigenvalue weighted by molar-refractivity contribution is -0.136. The molecule has 184 valence electrons. The molecule has 0 amide bonds. The molecule has 2 aromatic carbocycles. The van der Waals surface area contributed by atoms with Crippen molar-refractivity contribution >= 4 is 23.4 Å². The minimum Gasteiger partial charge on any atom is -0.493 e. The van der Waals surface area contributed by atoms with Crippen LogP contribution >= 0.6 is 11.6 Å². The van der Waals surface area contributed by atoms with Gasteiger partial charge in [0.25, 0.3) is 0 Å². The number of carbonyl (C=O) groups is 2. The lowest BCUT2D eigenvalue weighted by Gasteiger charge is -2.36. The van der Waals surface area contributed by atoms with Gasteiger partial charge in [0.15, 0.2) is 17.3 Å². The van der Waals surface area contributed by atoms with E-state index in [1.54, 1.807) is 12.1 Å². The van der Waals surface area contributed by atoms with E-state index in [1.807, 2.05) is 31.2 Å². The number of rotatable bonds is 6. The second-order valence-corrected chi connectivity index (χ2v) is 8.96. The summed E-state index contributed by atoms with van der Waals surface area (Å²) in [4.78, 5) is 26.6. The van der Waals surface area contributed by atoms with Crippen molar-refractivity contribution in [3.8, 4) is 17.2 Å². The van der Waals surface area contributed by atoms with Gasteiger partial charge >= 0.3 is 5.97 Å². The predicted octanol–water partition coefficient (Wildman–Crippen LogP) is 4.90. The van der Waals surface area contributed by atoms with Gasteiger partial charge in [-0.05, 0) is 54.7 Å². The van der Waals surface area contributed by atoms with E-state index in [4.69, 9.17) is 30.5 Å². The summed E-state index contributed by atoms with van der Waals surface area (Å²) in [5.41, 5.74) is 4.07. The van der Waals surface area contributed by atoms with Gasteiger partial charge < -0.3 is 24.3 Å². The summed E-state index contributed by atoms with van der Waals surface area (Å²) >= 11 is 6.06. The van der Waals surface area contributed by atoms with E-state index in [9.17, 15) is 9.59 Å². The minimum atomic E-state index is -0.647. The molecule has 2 atom stereocenters. The van der Waals surface area contributed by atoms with Gasteiger partial charge in [0, 0.05) is 34.3 Å². The summed E-state index contributed by atoms with van der Waals surface area (Å²) in [5, 5.41) is 3.98. The molecule has 0 saturated carbocycles. The second-order valence-electron chi connectivity index (χ2n) is 8.52. The maximum absolute atomic E-state index is 13.7. The minimum absolute atomic E-state index is 0.000849. The zero-order chi connectivity index (χ0) is 25.3. The topological polar surface area (TPSA) is 83.1 Å². The zero-order valence-electron chi connectivity index (χ0n) is 20.4. The van der Waals surface area contributed by atoms with Crippen LogP contribution in [0.15, 0.2) is 58.9 Å². The second kappa shape index (κ2) is 10.0. The summed E-state index contributed by atoms with van der Waals surface area (Å²) in [5.74, 6) is 0.114. The highest BCUT2D eigenvalue weighted by molar-refractivity contribution is 6.30. The highest BCUT2D eigenvalue weighted by Crippen LogP contribution is 2.49. The summed E-state index contributed by atoms with van der Waals surface area (Å²) in [6, 6.07) is 11.1. The summed E-state index contributed by atoms with van der Waals surface area (Å²) in [6.45, 7) is 1.82. The number of dihydropyridines is 1. The Morgan fingerprint density at radius 2 is 1.57 bits per heavy atom. The van der Waals surface area contributed by atoms with Crippen molar-refractivity contribution in [1.29, 1.82) is 0 Å². The smallest absolute Gasteiger partial charge is 0.336 e. The van der Waals surface area contributed by atoms with E-state index in [0.717, 1.165) is 11.3 Å². The molecule has 2 aromatic rings. The third-order valence-electron chi connectivity index (χ3n) is 6.59. The van der Waals surface area contributed by atoms with Gasteiger partial charge in [-0.1, -0.05) is 23.7 Å². The number of carbonyl (C=O) groups excluding carboxylic acids is 2. The van der Waals surface area contributed by atoms with E-state index in [1.165, 1.54) is 28.4 Å². The Kier molecular flexibility index (Phi) is 7.08. The van der Waals surface area contributed by atoms with E-state index in [-0.39, 0.29) is 11.7 Å². The van der Waals surface area contributed by atoms with E-state index in [2.05, 4.69) is 5.32 Å². The molecule has 1 aliphatic carbocycles. The number of halogens is 1. The average molecular weight is 498 g/mol. The molecule has 8 heteroatoms. The highest BCUT2D eigenvalue weighted by Gasteiger charge is 2.42. The zero-order valence-corrected chi connectivity index (χ0v) is 21.1. The Hall–Kier alpha value is -3.45. The van der Waals surface area contributed by atoms with Crippen molar-refractivity contribution in [2.45, 2.75) is 31.6 Å². The molecule has 0 spiro atoms. The number of Topliss-reactive ketones (excluding diaryl/α,β-unsaturated/α-hetero) is 1. The van der Waals surface area contributed by atoms with Crippen LogP contribution in [0.1, 0.15) is 42.7 Å². The number of benzene rings is 2. The van der Waals surface area contributed by atoms with Gasteiger partial charge in [-0.3, -0.25) is 4.79 Å². The van der Waals surface area contributed by atoms with Crippen LogP contribution < -0.4 is 19.5 Å². The molecule has 7 nitrogen and oxygen atoms in total. The van der Waals surface area contributed by atoms with Gasteiger partial charge in [0.1, 0.15) is 0 Å². The normalized spacial score (nSPS) is 19.7. The van der Waals surface area contributed by atoms with Gasteiger partial charge in [0.05, 0.1) is 34.0 Å². The largest absolute Gasteiger partial charge is 0.493 e. The molecule has 0 saturated heterocycles. The fraction of sp³-hybridized carbons (Fsp3) is 0.333. The standard InChI is InChI=1S/C27H28ClNO6/c1-14-23(27(31)35-5)24(17-12-21(32-2)26(34-4)22(13-17)33-3)25-19(29-14)10-16(11-20(25)30)15-6-8-18(28)9-7-15/h6-9,12-13,16,24,29H,10-11H2,1-5H3/t16-,24+/m1/s1. The Morgan fingerprint density at radius 1 is 0.943 bits per heavy atom. The number of allylic oxidation sites excluding steroid dienone is 3. The molecule has 0 bridgehead atoms. The summed E-state index contributed by atoms with van der Waals surface area (Å²) in [6.07, 6.45) is 0.937. The lowest BCUT2D eigenvalue weighted by Crippen LogP contribution is -2.36. The molecule has 0 unspecified atom stereocenters. The number of methoxy groups -OCH3 is 4. The van der Waals surface area contributed by atoms with Gasteiger partial charge in [-0.2, -0.15) is 0 Å². The number of nitrogens with one attached hydrogen (secondary N) is 1. The predicted molar refractivity (Wildman–Crippen MR) is 132 cm³/mol. The molecule has 0 fully saturated rings. The fourth-order valence-electron chi connectivity index (χ4n) is 4.99. The highest BCUT2D eigenvalue weighted by atomic mass is 35.5. The summed E-state index contributed by atoms with van der Waals surface area (Å²) in [7, 11) is 5.91. The number of hydrogen-bond acceptors (Lipinski definition) is 7. The van der Waals surface area contributed by atoms with E-state index in [0.29, 0.717) is 57.5 Å². The third kappa shape index (κ3) is 4.48. The molecular weight excluding hydrogens is 470 g/mol. The van der Waals surface area contributed by atoms with Crippen LogP contribution in [0.3, 0.4) is 0 Å². The van der Waals surface area contributed by atoms with Gasteiger partial charge in [-0.15, -0.1) is 0 Å². The number of ketones is 1. The van der Waals surface area contributed by atoms with Crippen molar-refractivity contribution in [2.75, 3.05) is 28.4 Å². The first-order chi connectivity index (χ1) is 16.8. The van der Waals surface area contributed by atoms with Crippen LogP contribution in [-0.2, 0) is 14.3 Å². The van der Waals surface area contributed by atoms with Crippen LogP contribution in [-0.4, -0.2) is 40.2 Å². The van der Waals surface area contributed by atoms with Crippen LogP contribution in [0.4, 0.5) is 0 Å². The van der Waals surface area contributed by atoms with Crippen LogP contribution in [0, 0.1) is 0 Å². The molecule has 35 heavy (non-hydrogen) atoms. The Bertz CT molecular complexity index is 1210. The number of ether oxygens (including phenoxy) is 4. The Balaban J connectivity index is 1.87. The van der Waals surface area contributed by atoms with E-state index >= 15 is 0 Å². The molecule has 0 radical (unpaired) electrons. The SMILES string of the molecule is COC(=O)C1=C(C)NC2=C(C(=O)C[C@H](c3ccc(Cl)cc3)C2)[C@H]1c1cc(OC)c(OC)c(OC)c1. The molecule has 4 rings (SSSR count). The Morgan fingerprint density at radius 3 is 2.11 bits per heavy atom. The fourth-order valence-corrected chi connectivity index (χ4v) is 5.12. The Labute approximate surface area is 209 Å².